The third-order valence-electron chi connectivity index (χ3n) is 6.09. The quantitative estimate of drug-likeness (QED) is 0.416. The number of hydrogen-bond acceptors (Lipinski definition) is 6. The number of fused-ring (bicyclic) bond motifs is 1. The average molecular weight is 456 g/mol. The minimum Gasteiger partial charge on any atom is -0.316 e. The summed E-state index contributed by atoms with van der Waals surface area (Å²) in [6, 6.07) is 16.3. The number of aromatic nitrogens is 3. The van der Waals surface area contributed by atoms with Crippen LogP contribution in [0.5, 0.6) is 0 Å². The summed E-state index contributed by atoms with van der Waals surface area (Å²) in [5.41, 5.74) is 6.45. The molecule has 0 spiro atoms. The van der Waals surface area contributed by atoms with Crippen LogP contribution in [0.3, 0.4) is 0 Å². The molecule has 6 nitrogen and oxygen atoms in total. The number of hydrogen-bond donors (Lipinski definition) is 1. The molecule has 0 bridgehead atoms. The van der Waals surface area contributed by atoms with Gasteiger partial charge in [-0.15, -0.1) is 11.3 Å². The van der Waals surface area contributed by atoms with Gasteiger partial charge in [-0.05, 0) is 45.4 Å². The molecule has 1 aliphatic heterocycles. The zero-order valence-corrected chi connectivity index (χ0v) is 20.1. The Morgan fingerprint density at radius 3 is 2.39 bits per heavy atom. The maximum atomic E-state index is 12.6. The van der Waals surface area contributed by atoms with E-state index >= 15 is 0 Å². The molecule has 0 saturated heterocycles. The number of benzene rings is 2. The molecule has 3 heterocycles. The van der Waals surface area contributed by atoms with Crippen molar-refractivity contribution in [3.05, 3.63) is 70.9 Å². The number of likely N-dealkylation sites (N-methyl/N-ethyl adjacent to an activating group) is 1. The highest BCUT2D eigenvalue weighted by molar-refractivity contribution is 7.14. The van der Waals surface area contributed by atoms with Crippen LogP contribution in [0, 0.1) is 13.8 Å². The van der Waals surface area contributed by atoms with Gasteiger partial charge in [0.05, 0.1) is 16.8 Å². The summed E-state index contributed by atoms with van der Waals surface area (Å²) in [7, 11) is 1.83. The van der Waals surface area contributed by atoms with Gasteiger partial charge in [-0.1, -0.05) is 35.9 Å². The Labute approximate surface area is 197 Å². The highest BCUT2D eigenvalue weighted by atomic mass is 32.1. The molecule has 33 heavy (non-hydrogen) atoms. The number of thiazole rings is 1. The molecule has 2 aromatic carbocycles. The summed E-state index contributed by atoms with van der Waals surface area (Å²) in [6.07, 6.45) is 0. The lowest BCUT2D eigenvalue weighted by Gasteiger charge is -2.16. The topological polar surface area (TPSA) is 71.0 Å². The third-order valence-corrected chi connectivity index (χ3v) is 6.85. The lowest BCUT2D eigenvalue weighted by molar-refractivity contribution is -0.121. The van der Waals surface area contributed by atoms with E-state index in [0.717, 1.165) is 38.9 Å². The maximum Gasteiger partial charge on any atom is 0.236 e. The normalized spacial score (nSPS) is 14.5. The highest BCUT2D eigenvalue weighted by Crippen LogP contribution is 2.42. The van der Waals surface area contributed by atoms with Crippen molar-refractivity contribution >= 4 is 33.9 Å². The van der Waals surface area contributed by atoms with Crippen molar-refractivity contribution < 1.29 is 4.79 Å². The Hall–Kier alpha value is -3.58. The molecule has 0 unspecified atom stereocenters. The van der Waals surface area contributed by atoms with Gasteiger partial charge in [-0.2, -0.15) is 0 Å². The van der Waals surface area contributed by atoms with Crippen LogP contribution in [0.1, 0.15) is 30.8 Å². The minimum atomic E-state index is -0.540. The predicted molar refractivity (Wildman–Crippen MR) is 134 cm³/mol. The number of aryl methyl sites for hydroxylation is 2. The first-order chi connectivity index (χ1) is 15.7. The molecule has 4 aromatic rings. The lowest BCUT2D eigenvalue weighted by atomic mass is 9.85. The number of nitrogens with one attached hydrogen (secondary N) is 1. The molecule has 0 fully saturated rings. The van der Waals surface area contributed by atoms with Gasteiger partial charge in [0.2, 0.25) is 5.91 Å². The fourth-order valence-corrected chi connectivity index (χ4v) is 4.94. The fraction of sp³-hybridized carbons (Fsp3) is 0.231. The Bertz CT molecular complexity index is 1370. The van der Waals surface area contributed by atoms with E-state index in [-0.39, 0.29) is 5.91 Å². The second-order valence-corrected chi connectivity index (χ2v) is 9.79. The molecule has 0 radical (unpaired) electrons. The standard InChI is InChI=1S/C26H25N5OS/c1-15-6-8-17(9-7-15)20-13-23(28-16(2)27-20)30-25-29-21(14-33-25)18-10-11-22-19(12-18)26(3,4)24(32)31(22)5/h6-14H,1-5H3,(H,27,28,29,30). The minimum absolute atomic E-state index is 0.110. The molecule has 7 heteroatoms. The first kappa shape index (κ1) is 21.3. The number of nitrogens with zero attached hydrogens (tertiary/aromatic N) is 4. The van der Waals surface area contributed by atoms with Crippen LogP contribution in [0.2, 0.25) is 0 Å². The number of amides is 1. The van der Waals surface area contributed by atoms with E-state index in [9.17, 15) is 4.79 Å². The maximum absolute atomic E-state index is 12.6. The van der Waals surface area contributed by atoms with E-state index in [1.165, 1.54) is 16.9 Å². The number of carbonyl (C=O) groups is 1. The van der Waals surface area contributed by atoms with Gasteiger partial charge >= 0.3 is 0 Å². The smallest absolute Gasteiger partial charge is 0.236 e. The summed E-state index contributed by atoms with van der Waals surface area (Å²) in [5.74, 6) is 1.52. The number of anilines is 3. The van der Waals surface area contributed by atoms with E-state index in [1.807, 2.05) is 51.4 Å². The monoisotopic (exact) mass is 455 g/mol. The van der Waals surface area contributed by atoms with Gasteiger partial charge in [-0.25, -0.2) is 15.0 Å². The summed E-state index contributed by atoms with van der Waals surface area (Å²) in [6.45, 7) is 7.90. The first-order valence-electron chi connectivity index (χ1n) is 10.8. The molecule has 5 rings (SSSR count). The first-order valence-corrected chi connectivity index (χ1v) is 11.7. The van der Waals surface area contributed by atoms with Gasteiger partial charge < -0.3 is 10.2 Å². The molecule has 1 amide bonds. The van der Waals surface area contributed by atoms with Crippen molar-refractivity contribution in [2.75, 3.05) is 17.3 Å². The van der Waals surface area contributed by atoms with E-state index < -0.39 is 5.41 Å². The van der Waals surface area contributed by atoms with Crippen molar-refractivity contribution in [2.45, 2.75) is 33.1 Å². The summed E-state index contributed by atoms with van der Waals surface area (Å²) in [4.78, 5) is 28.2. The van der Waals surface area contributed by atoms with Crippen LogP contribution in [-0.2, 0) is 10.2 Å². The molecule has 0 saturated carbocycles. The van der Waals surface area contributed by atoms with Crippen LogP contribution < -0.4 is 10.2 Å². The Balaban J connectivity index is 1.42. The van der Waals surface area contributed by atoms with Gasteiger partial charge in [0.25, 0.3) is 0 Å². The summed E-state index contributed by atoms with van der Waals surface area (Å²) >= 11 is 1.52. The van der Waals surface area contributed by atoms with Gasteiger partial charge in [0.15, 0.2) is 5.13 Å². The van der Waals surface area contributed by atoms with Gasteiger partial charge in [0, 0.05) is 35.3 Å². The largest absolute Gasteiger partial charge is 0.316 e. The summed E-state index contributed by atoms with van der Waals surface area (Å²) < 4.78 is 0. The second kappa shape index (κ2) is 7.78. The Morgan fingerprint density at radius 2 is 1.64 bits per heavy atom. The van der Waals surface area contributed by atoms with Crippen molar-refractivity contribution in [1.29, 1.82) is 0 Å². The lowest BCUT2D eigenvalue weighted by Crippen LogP contribution is -2.33. The van der Waals surface area contributed by atoms with Gasteiger partial charge in [0.1, 0.15) is 11.6 Å². The molecular weight excluding hydrogens is 430 g/mol. The SMILES string of the molecule is Cc1ccc(-c2cc(Nc3nc(-c4ccc5c(c4)C(C)(C)C(=O)N5C)cs3)nc(C)n2)cc1. The van der Waals surface area contributed by atoms with E-state index in [4.69, 9.17) is 4.98 Å². The van der Waals surface area contributed by atoms with Crippen LogP contribution in [0.25, 0.3) is 22.5 Å². The molecule has 0 aliphatic carbocycles. The highest BCUT2D eigenvalue weighted by Gasteiger charge is 2.42. The van der Waals surface area contributed by atoms with Crippen LogP contribution >= 0.6 is 11.3 Å². The zero-order valence-electron chi connectivity index (χ0n) is 19.3. The molecule has 2 aromatic heterocycles. The van der Waals surface area contributed by atoms with E-state index in [1.54, 1.807) is 4.90 Å². The van der Waals surface area contributed by atoms with Crippen molar-refractivity contribution in [1.82, 2.24) is 15.0 Å². The van der Waals surface area contributed by atoms with Crippen LogP contribution in [0.15, 0.2) is 53.9 Å². The number of carbonyl (C=O) groups excluding carboxylic acids is 1. The van der Waals surface area contributed by atoms with Crippen LogP contribution in [0.4, 0.5) is 16.6 Å². The average Bonchev–Trinajstić information content (AvgIpc) is 3.31. The van der Waals surface area contributed by atoms with Crippen molar-refractivity contribution in [3.63, 3.8) is 0 Å². The second-order valence-electron chi connectivity index (χ2n) is 8.94. The zero-order chi connectivity index (χ0) is 23.3. The molecule has 166 valence electrons. The van der Waals surface area contributed by atoms with Gasteiger partial charge in [-0.3, -0.25) is 4.79 Å². The Morgan fingerprint density at radius 1 is 0.909 bits per heavy atom. The van der Waals surface area contributed by atoms with E-state index in [0.29, 0.717) is 11.6 Å². The fourth-order valence-electron chi connectivity index (χ4n) is 4.21. The van der Waals surface area contributed by atoms with E-state index in [2.05, 4.69) is 52.5 Å². The van der Waals surface area contributed by atoms with Crippen molar-refractivity contribution in [3.8, 4) is 22.5 Å². The molecular formula is C26H25N5OS. The van der Waals surface area contributed by atoms with Crippen molar-refractivity contribution in [2.24, 2.45) is 0 Å². The molecule has 1 N–H and O–H groups in total. The molecule has 1 aliphatic rings. The van der Waals surface area contributed by atoms with Crippen LogP contribution in [-0.4, -0.2) is 27.9 Å². The Kier molecular flexibility index (Phi) is 5.01. The summed E-state index contributed by atoms with van der Waals surface area (Å²) in [5, 5.41) is 6.11. The number of rotatable bonds is 4. The third kappa shape index (κ3) is 3.78. The molecule has 0 atom stereocenters. The predicted octanol–water partition coefficient (Wildman–Crippen LogP) is 5.88.